The Labute approximate surface area is 144 Å². The highest BCUT2D eigenvalue weighted by Gasteiger charge is 2.63. The molecule has 4 nitrogen and oxygen atoms in total. The monoisotopic (exact) mass is 357 g/mol. The Morgan fingerprint density at radius 3 is 2.60 bits per heavy atom. The largest absolute Gasteiger partial charge is 0.507 e. The lowest BCUT2D eigenvalue weighted by molar-refractivity contribution is -0.137. The Balaban J connectivity index is 1.83. The van der Waals surface area contributed by atoms with E-state index in [0.29, 0.717) is 25.8 Å². The lowest BCUT2D eigenvalue weighted by Gasteiger charge is -2.56. The zero-order valence-corrected chi connectivity index (χ0v) is 14.5. The van der Waals surface area contributed by atoms with Crippen LogP contribution < -0.4 is 0 Å². The van der Waals surface area contributed by atoms with Crippen molar-refractivity contribution in [1.82, 2.24) is 4.90 Å². The van der Waals surface area contributed by atoms with Gasteiger partial charge in [-0.1, -0.05) is 13.8 Å². The minimum absolute atomic E-state index is 0.0930. The van der Waals surface area contributed by atoms with Crippen molar-refractivity contribution in [1.29, 1.82) is 0 Å². The summed E-state index contributed by atoms with van der Waals surface area (Å²) in [6.45, 7) is 5.86. The Bertz CT molecular complexity index is 701. The summed E-state index contributed by atoms with van der Waals surface area (Å²) in [7, 11) is 1.63. The number of alkyl halides is 3. The SMILES string of the molecule is COC[C@@]12CN(C(=O)c3ccc(C(F)(F)F)cc3O)C[C@@H]1C(C)(C)C2. The number of hydrogen-bond acceptors (Lipinski definition) is 3. The van der Waals surface area contributed by atoms with Gasteiger partial charge >= 0.3 is 6.18 Å². The van der Waals surface area contributed by atoms with Crippen molar-refractivity contribution < 1.29 is 27.8 Å². The highest BCUT2D eigenvalue weighted by atomic mass is 19.4. The predicted octanol–water partition coefficient (Wildman–Crippen LogP) is 3.55. The van der Waals surface area contributed by atoms with Gasteiger partial charge in [0, 0.05) is 25.6 Å². The molecular weight excluding hydrogens is 335 g/mol. The molecule has 3 rings (SSSR count). The van der Waals surface area contributed by atoms with Crippen LogP contribution in [0.25, 0.3) is 0 Å². The number of carbonyl (C=O) groups is 1. The number of nitrogens with zero attached hydrogens (tertiary/aromatic N) is 1. The summed E-state index contributed by atoms with van der Waals surface area (Å²) in [4.78, 5) is 14.4. The number of likely N-dealkylation sites (tertiary alicyclic amines) is 1. The van der Waals surface area contributed by atoms with Gasteiger partial charge in [-0.15, -0.1) is 0 Å². The zero-order valence-electron chi connectivity index (χ0n) is 14.5. The van der Waals surface area contributed by atoms with E-state index in [1.807, 2.05) is 0 Å². The van der Waals surface area contributed by atoms with Crippen molar-refractivity contribution in [3.05, 3.63) is 29.3 Å². The first kappa shape index (κ1) is 18.0. The second-order valence-electron chi connectivity index (χ2n) is 7.93. The first-order valence-corrected chi connectivity index (χ1v) is 8.19. The number of halogens is 3. The summed E-state index contributed by atoms with van der Waals surface area (Å²) in [5, 5.41) is 9.93. The number of fused-ring (bicyclic) bond motifs is 1. The molecule has 1 aliphatic heterocycles. The van der Waals surface area contributed by atoms with Gasteiger partial charge in [0.1, 0.15) is 5.75 Å². The molecule has 0 bridgehead atoms. The summed E-state index contributed by atoms with van der Waals surface area (Å²) >= 11 is 0. The number of benzene rings is 1. The van der Waals surface area contributed by atoms with E-state index in [0.717, 1.165) is 18.6 Å². The molecule has 0 aromatic heterocycles. The number of hydrogen-bond donors (Lipinski definition) is 1. The van der Waals surface area contributed by atoms with Gasteiger partial charge in [-0.25, -0.2) is 0 Å². The second kappa shape index (κ2) is 5.62. The van der Waals surface area contributed by atoms with Crippen LogP contribution in [0.15, 0.2) is 18.2 Å². The van der Waals surface area contributed by atoms with Crippen molar-refractivity contribution in [3.8, 4) is 5.75 Å². The first-order chi connectivity index (χ1) is 11.5. The molecule has 7 heteroatoms. The van der Waals surface area contributed by atoms with Crippen LogP contribution in [-0.4, -0.2) is 42.7 Å². The molecule has 2 atom stereocenters. The summed E-state index contributed by atoms with van der Waals surface area (Å²) in [6, 6.07) is 2.48. The van der Waals surface area contributed by atoms with E-state index in [4.69, 9.17) is 4.74 Å². The van der Waals surface area contributed by atoms with Crippen LogP contribution in [0, 0.1) is 16.7 Å². The maximum atomic E-state index is 12.7. The molecule has 1 aromatic rings. The normalized spacial score (nSPS) is 27.8. The maximum absolute atomic E-state index is 12.7. The molecule has 0 radical (unpaired) electrons. The van der Waals surface area contributed by atoms with Gasteiger partial charge in [-0.3, -0.25) is 4.79 Å². The summed E-state index contributed by atoms with van der Waals surface area (Å²) in [5.74, 6) is -0.800. The molecule has 0 spiro atoms. The lowest BCUT2D eigenvalue weighted by Crippen LogP contribution is -2.55. The number of ether oxygens (including phenoxy) is 1. The van der Waals surface area contributed by atoms with Gasteiger partial charge < -0.3 is 14.7 Å². The van der Waals surface area contributed by atoms with Crippen molar-refractivity contribution in [3.63, 3.8) is 0 Å². The molecule has 2 fully saturated rings. The molecule has 138 valence electrons. The number of phenols is 1. The Hall–Kier alpha value is -1.76. The quantitative estimate of drug-likeness (QED) is 0.900. The predicted molar refractivity (Wildman–Crippen MR) is 85.2 cm³/mol. The van der Waals surface area contributed by atoms with Crippen LogP contribution in [0.2, 0.25) is 0 Å². The van der Waals surface area contributed by atoms with E-state index in [2.05, 4.69) is 13.8 Å². The Kier molecular flexibility index (Phi) is 4.06. The van der Waals surface area contributed by atoms with E-state index in [1.54, 1.807) is 12.0 Å². The van der Waals surface area contributed by atoms with Crippen LogP contribution >= 0.6 is 0 Å². The number of aromatic hydroxyl groups is 1. The van der Waals surface area contributed by atoms with Gasteiger partial charge in [0.05, 0.1) is 17.7 Å². The fourth-order valence-electron chi connectivity index (χ4n) is 4.82. The fraction of sp³-hybridized carbons (Fsp3) is 0.611. The Morgan fingerprint density at radius 2 is 2.08 bits per heavy atom. The molecule has 1 N–H and O–H groups in total. The van der Waals surface area contributed by atoms with Crippen molar-refractivity contribution >= 4 is 5.91 Å². The molecule has 2 aliphatic rings. The van der Waals surface area contributed by atoms with Gasteiger partial charge in [0.2, 0.25) is 0 Å². The molecule has 1 aliphatic carbocycles. The molecule has 1 amide bonds. The average Bonchev–Trinajstić information content (AvgIpc) is 2.81. The minimum atomic E-state index is -4.56. The van der Waals surface area contributed by atoms with Crippen molar-refractivity contribution in [2.75, 3.05) is 26.8 Å². The standard InChI is InChI=1S/C18H22F3NO3/c1-16(2)8-17(10-25-3)9-22(7-14(16)17)15(24)12-5-4-11(6-13(12)23)18(19,20)21/h4-6,14,23H,7-10H2,1-3H3/t14-,17-/m1/s1. The maximum Gasteiger partial charge on any atom is 0.416 e. The van der Waals surface area contributed by atoms with Crippen molar-refractivity contribution in [2.45, 2.75) is 26.4 Å². The summed E-state index contributed by atoms with van der Waals surface area (Å²) in [6.07, 6.45) is -3.63. The third-order valence-corrected chi connectivity index (χ3v) is 5.67. The highest BCUT2D eigenvalue weighted by Crippen LogP contribution is 2.62. The highest BCUT2D eigenvalue weighted by molar-refractivity contribution is 5.97. The lowest BCUT2D eigenvalue weighted by atomic mass is 9.48. The summed E-state index contributed by atoms with van der Waals surface area (Å²) < 4.78 is 43.5. The molecule has 0 unspecified atom stereocenters. The summed E-state index contributed by atoms with van der Waals surface area (Å²) in [5.41, 5.74) is -1.08. The van der Waals surface area contributed by atoms with Crippen LogP contribution in [0.5, 0.6) is 5.75 Å². The number of methoxy groups -OCH3 is 1. The second-order valence-corrected chi connectivity index (χ2v) is 7.93. The number of carbonyl (C=O) groups excluding carboxylic acids is 1. The van der Waals surface area contributed by atoms with Crippen LogP contribution in [-0.2, 0) is 10.9 Å². The van der Waals surface area contributed by atoms with Gasteiger partial charge in [0.15, 0.2) is 0 Å². The number of rotatable bonds is 3. The average molecular weight is 357 g/mol. The van der Waals surface area contributed by atoms with E-state index in [9.17, 15) is 23.1 Å². The zero-order chi connectivity index (χ0) is 18.6. The molecule has 25 heavy (non-hydrogen) atoms. The third kappa shape index (κ3) is 2.88. The van der Waals surface area contributed by atoms with E-state index in [1.165, 1.54) is 0 Å². The van der Waals surface area contributed by atoms with Crippen LogP contribution in [0.3, 0.4) is 0 Å². The smallest absolute Gasteiger partial charge is 0.416 e. The fourth-order valence-corrected chi connectivity index (χ4v) is 4.82. The minimum Gasteiger partial charge on any atom is -0.507 e. The topological polar surface area (TPSA) is 49.8 Å². The van der Waals surface area contributed by atoms with E-state index in [-0.39, 0.29) is 22.3 Å². The van der Waals surface area contributed by atoms with Gasteiger partial charge in [0.25, 0.3) is 5.91 Å². The molecule has 1 saturated carbocycles. The van der Waals surface area contributed by atoms with Gasteiger partial charge in [-0.2, -0.15) is 13.2 Å². The molecule has 1 aromatic carbocycles. The third-order valence-electron chi connectivity index (χ3n) is 5.67. The Morgan fingerprint density at radius 1 is 1.40 bits per heavy atom. The van der Waals surface area contributed by atoms with Crippen molar-refractivity contribution in [2.24, 2.45) is 16.7 Å². The van der Waals surface area contributed by atoms with Gasteiger partial charge in [-0.05, 0) is 36.0 Å². The molecular formula is C18H22F3NO3. The van der Waals surface area contributed by atoms with E-state index >= 15 is 0 Å². The molecule has 1 heterocycles. The molecule has 1 saturated heterocycles. The van der Waals surface area contributed by atoms with Crippen LogP contribution in [0.1, 0.15) is 36.2 Å². The van der Waals surface area contributed by atoms with Crippen LogP contribution in [0.4, 0.5) is 13.2 Å². The first-order valence-electron chi connectivity index (χ1n) is 8.19. The number of phenolic OH excluding ortho intramolecular Hbond substituents is 1. The van der Waals surface area contributed by atoms with E-state index < -0.39 is 23.4 Å². The number of amides is 1.